The molecule has 0 fully saturated rings. The molecule has 0 radical (unpaired) electrons. The minimum atomic E-state index is 0.199. The van der Waals surface area contributed by atoms with Crippen LogP contribution in [0.5, 0.6) is 0 Å². The van der Waals surface area contributed by atoms with Crippen LogP contribution in [0.25, 0.3) is 0 Å². The maximum absolute atomic E-state index is 6.16. The molecule has 1 N–H and O–H groups in total. The van der Waals surface area contributed by atoms with Crippen LogP contribution in [0.3, 0.4) is 0 Å². The van der Waals surface area contributed by atoms with E-state index in [1.165, 1.54) is 22.3 Å². The van der Waals surface area contributed by atoms with Crippen molar-refractivity contribution < 1.29 is 0 Å². The zero-order chi connectivity index (χ0) is 13.8. The van der Waals surface area contributed by atoms with Gasteiger partial charge in [0, 0.05) is 5.02 Å². The summed E-state index contributed by atoms with van der Waals surface area (Å²) in [6.45, 7) is 7.34. The van der Waals surface area contributed by atoms with E-state index in [0.29, 0.717) is 0 Å². The monoisotopic (exact) mass is 273 g/mol. The number of benzene rings is 2. The van der Waals surface area contributed by atoms with Gasteiger partial charge in [-0.05, 0) is 54.8 Å². The molecule has 100 valence electrons. The molecule has 1 nitrogen and oxygen atoms in total. The predicted octanol–water partition coefficient (Wildman–Crippen LogP) is 4.66. The molecule has 2 aromatic rings. The Hall–Kier alpha value is -1.31. The first kappa shape index (κ1) is 14.1. The molecule has 1 unspecified atom stereocenters. The van der Waals surface area contributed by atoms with Crippen LogP contribution in [0.1, 0.15) is 35.2 Å². The summed E-state index contributed by atoms with van der Waals surface area (Å²) in [5.74, 6) is 0. The van der Waals surface area contributed by atoms with E-state index in [1.807, 2.05) is 6.07 Å². The van der Waals surface area contributed by atoms with Crippen LogP contribution < -0.4 is 5.32 Å². The molecule has 0 spiro atoms. The standard InChI is InChI=1S/C17H20ClN/c1-4-19-17(15-8-6-5-7-12(15)2)16-11-14(18)10-9-13(16)3/h5-11,17,19H,4H2,1-3H3. The van der Waals surface area contributed by atoms with Gasteiger partial charge in [-0.3, -0.25) is 0 Å². The Morgan fingerprint density at radius 1 is 1.00 bits per heavy atom. The number of rotatable bonds is 4. The van der Waals surface area contributed by atoms with E-state index in [2.05, 4.69) is 62.5 Å². The van der Waals surface area contributed by atoms with Gasteiger partial charge in [0.05, 0.1) is 6.04 Å². The number of hydrogen-bond donors (Lipinski definition) is 1. The molecule has 19 heavy (non-hydrogen) atoms. The van der Waals surface area contributed by atoms with Crippen LogP contribution in [0, 0.1) is 13.8 Å². The van der Waals surface area contributed by atoms with Crippen LogP contribution in [0.4, 0.5) is 0 Å². The lowest BCUT2D eigenvalue weighted by Gasteiger charge is -2.23. The Morgan fingerprint density at radius 3 is 2.37 bits per heavy atom. The van der Waals surface area contributed by atoms with Gasteiger partial charge < -0.3 is 5.32 Å². The second-order valence-electron chi connectivity index (χ2n) is 4.85. The molecule has 0 heterocycles. The summed E-state index contributed by atoms with van der Waals surface area (Å²) in [6.07, 6.45) is 0. The third-order valence-electron chi connectivity index (χ3n) is 3.46. The minimum Gasteiger partial charge on any atom is -0.307 e. The average Bonchev–Trinajstić information content (AvgIpc) is 2.40. The lowest BCUT2D eigenvalue weighted by molar-refractivity contribution is 0.625. The highest BCUT2D eigenvalue weighted by Crippen LogP contribution is 2.29. The Kier molecular flexibility index (Phi) is 4.62. The van der Waals surface area contributed by atoms with Crippen molar-refractivity contribution in [3.05, 3.63) is 69.7 Å². The number of hydrogen-bond acceptors (Lipinski definition) is 1. The SMILES string of the molecule is CCNC(c1ccccc1C)c1cc(Cl)ccc1C. The predicted molar refractivity (Wildman–Crippen MR) is 82.9 cm³/mol. The second-order valence-corrected chi connectivity index (χ2v) is 5.28. The maximum atomic E-state index is 6.16. The molecule has 0 aliphatic heterocycles. The number of aryl methyl sites for hydroxylation is 2. The minimum absolute atomic E-state index is 0.199. The zero-order valence-corrected chi connectivity index (χ0v) is 12.5. The molecule has 0 saturated carbocycles. The van der Waals surface area contributed by atoms with Crippen molar-refractivity contribution >= 4 is 11.6 Å². The third kappa shape index (κ3) is 3.17. The summed E-state index contributed by atoms with van der Waals surface area (Å²) in [4.78, 5) is 0. The third-order valence-corrected chi connectivity index (χ3v) is 3.70. The number of nitrogens with one attached hydrogen (secondary N) is 1. The molecule has 0 amide bonds. The van der Waals surface area contributed by atoms with Gasteiger partial charge >= 0.3 is 0 Å². The zero-order valence-electron chi connectivity index (χ0n) is 11.7. The highest BCUT2D eigenvalue weighted by molar-refractivity contribution is 6.30. The van der Waals surface area contributed by atoms with Crippen molar-refractivity contribution in [1.29, 1.82) is 0 Å². The van der Waals surface area contributed by atoms with Gasteiger partial charge in [-0.1, -0.05) is 48.9 Å². The summed E-state index contributed by atoms with van der Waals surface area (Å²) in [5, 5.41) is 4.35. The molecule has 1 atom stereocenters. The van der Waals surface area contributed by atoms with Gasteiger partial charge in [-0.25, -0.2) is 0 Å². The fourth-order valence-corrected chi connectivity index (χ4v) is 2.61. The van der Waals surface area contributed by atoms with Crippen molar-refractivity contribution in [2.24, 2.45) is 0 Å². The van der Waals surface area contributed by atoms with Crippen LogP contribution in [0.15, 0.2) is 42.5 Å². The molecule has 0 aromatic heterocycles. The molecule has 2 aromatic carbocycles. The quantitative estimate of drug-likeness (QED) is 0.855. The van der Waals surface area contributed by atoms with Crippen molar-refractivity contribution in [1.82, 2.24) is 5.32 Å². The van der Waals surface area contributed by atoms with Crippen LogP contribution in [0.2, 0.25) is 5.02 Å². The van der Waals surface area contributed by atoms with E-state index in [-0.39, 0.29) is 6.04 Å². The summed E-state index contributed by atoms with van der Waals surface area (Å²) < 4.78 is 0. The summed E-state index contributed by atoms with van der Waals surface area (Å²) in [6, 6.07) is 14.8. The van der Waals surface area contributed by atoms with Crippen LogP contribution in [-0.2, 0) is 0 Å². The van der Waals surface area contributed by atoms with Gasteiger partial charge in [0.1, 0.15) is 0 Å². The van der Waals surface area contributed by atoms with E-state index in [9.17, 15) is 0 Å². The molecule has 0 aliphatic rings. The summed E-state index contributed by atoms with van der Waals surface area (Å²) in [7, 11) is 0. The van der Waals surface area contributed by atoms with Crippen LogP contribution in [-0.4, -0.2) is 6.54 Å². The first-order valence-electron chi connectivity index (χ1n) is 6.68. The van der Waals surface area contributed by atoms with Crippen LogP contribution >= 0.6 is 11.6 Å². The Balaban J connectivity index is 2.51. The Morgan fingerprint density at radius 2 is 1.68 bits per heavy atom. The Bertz CT molecular complexity index is 563. The lowest BCUT2D eigenvalue weighted by Crippen LogP contribution is -2.23. The normalized spacial score (nSPS) is 12.4. The van der Waals surface area contributed by atoms with Crippen molar-refractivity contribution in [2.75, 3.05) is 6.54 Å². The largest absolute Gasteiger partial charge is 0.307 e. The van der Waals surface area contributed by atoms with E-state index in [4.69, 9.17) is 11.6 Å². The second kappa shape index (κ2) is 6.23. The molecule has 2 rings (SSSR count). The number of halogens is 1. The highest BCUT2D eigenvalue weighted by atomic mass is 35.5. The molecular formula is C17H20ClN. The molecule has 0 saturated heterocycles. The van der Waals surface area contributed by atoms with E-state index in [1.54, 1.807) is 0 Å². The average molecular weight is 274 g/mol. The summed E-state index contributed by atoms with van der Waals surface area (Å²) >= 11 is 6.16. The molecule has 2 heteroatoms. The maximum Gasteiger partial charge on any atom is 0.0582 e. The summed E-state index contributed by atoms with van der Waals surface area (Å²) in [5.41, 5.74) is 5.13. The molecule has 0 aliphatic carbocycles. The fraction of sp³-hybridized carbons (Fsp3) is 0.294. The smallest absolute Gasteiger partial charge is 0.0582 e. The molecule has 0 bridgehead atoms. The molecular weight excluding hydrogens is 254 g/mol. The van der Waals surface area contributed by atoms with E-state index >= 15 is 0 Å². The lowest BCUT2D eigenvalue weighted by atomic mass is 9.92. The van der Waals surface area contributed by atoms with Gasteiger partial charge in [0.25, 0.3) is 0 Å². The topological polar surface area (TPSA) is 12.0 Å². The van der Waals surface area contributed by atoms with Gasteiger partial charge in [-0.2, -0.15) is 0 Å². The van der Waals surface area contributed by atoms with Gasteiger partial charge in [-0.15, -0.1) is 0 Å². The van der Waals surface area contributed by atoms with Gasteiger partial charge in [0.15, 0.2) is 0 Å². The van der Waals surface area contributed by atoms with Crippen molar-refractivity contribution in [3.8, 4) is 0 Å². The van der Waals surface area contributed by atoms with Gasteiger partial charge in [0.2, 0.25) is 0 Å². The van der Waals surface area contributed by atoms with E-state index in [0.717, 1.165) is 11.6 Å². The first-order valence-corrected chi connectivity index (χ1v) is 7.06. The Labute approximate surface area is 120 Å². The first-order chi connectivity index (χ1) is 9.13. The highest BCUT2D eigenvalue weighted by Gasteiger charge is 2.17. The fourth-order valence-electron chi connectivity index (χ4n) is 2.42. The van der Waals surface area contributed by atoms with Crippen molar-refractivity contribution in [3.63, 3.8) is 0 Å². The van der Waals surface area contributed by atoms with Crippen molar-refractivity contribution in [2.45, 2.75) is 26.8 Å². The van der Waals surface area contributed by atoms with E-state index < -0.39 is 0 Å².